The SMILES string of the molecule is O=C(O)c1cc(C(O)(C(F)(F)F)C(F)(F)F)on1. The summed E-state index contributed by atoms with van der Waals surface area (Å²) >= 11 is 0. The van der Waals surface area contributed by atoms with Gasteiger partial charge in [-0.2, -0.15) is 26.3 Å². The summed E-state index contributed by atoms with van der Waals surface area (Å²) in [6.45, 7) is 0. The topological polar surface area (TPSA) is 83.6 Å². The summed E-state index contributed by atoms with van der Waals surface area (Å²) in [7, 11) is 0. The minimum absolute atomic E-state index is 0.149. The van der Waals surface area contributed by atoms with E-state index in [2.05, 4.69) is 9.68 Å². The van der Waals surface area contributed by atoms with Gasteiger partial charge in [0.25, 0.3) is 0 Å². The number of carbonyl (C=O) groups is 1. The van der Waals surface area contributed by atoms with E-state index in [9.17, 15) is 31.1 Å². The summed E-state index contributed by atoms with van der Waals surface area (Å²) in [6.07, 6.45) is -12.3. The molecule has 11 heteroatoms. The second-order valence-corrected chi connectivity index (χ2v) is 3.09. The molecule has 1 rings (SSSR count). The summed E-state index contributed by atoms with van der Waals surface area (Å²) in [6, 6.07) is -0.149. The Labute approximate surface area is 93.6 Å². The van der Waals surface area contributed by atoms with Crippen molar-refractivity contribution in [1.29, 1.82) is 0 Å². The van der Waals surface area contributed by atoms with Gasteiger partial charge in [0.2, 0.25) is 0 Å². The lowest BCUT2D eigenvalue weighted by atomic mass is 9.99. The average Bonchev–Trinajstić information content (AvgIpc) is 2.61. The summed E-state index contributed by atoms with van der Waals surface area (Å²) in [4.78, 5) is 10.3. The molecule has 1 heterocycles. The van der Waals surface area contributed by atoms with Crippen molar-refractivity contribution in [3.63, 3.8) is 0 Å². The highest BCUT2D eigenvalue weighted by Crippen LogP contribution is 2.50. The molecule has 0 aliphatic rings. The minimum atomic E-state index is -6.15. The summed E-state index contributed by atoms with van der Waals surface area (Å²) in [5, 5.41) is 19.6. The van der Waals surface area contributed by atoms with Crippen molar-refractivity contribution < 1.29 is 45.9 Å². The van der Waals surface area contributed by atoms with Crippen LogP contribution in [0.5, 0.6) is 0 Å². The van der Waals surface area contributed by atoms with Gasteiger partial charge in [-0.25, -0.2) is 4.79 Å². The van der Waals surface area contributed by atoms with Crippen LogP contribution in [0.3, 0.4) is 0 Å². The summed E-state index contributed by atoms with van der Waals surface area (Å²) in [5.74, 6) is -3.98. The second kappa shape index (κ2) is 3.86. The number of halogens is 6. The number of nitrogens with zero attached hydrogens (tertiary/aromatic N) is 1. The van der Waals surface area contributed by atoms with E-state index in [4.69, 9.17) is 10.2 Å². The Morgan fingerprint density at radius 2 is 1.61 bits per heavy atom. The smallest absolute Gasteiger partial charge is 0.433 e. The fourth-order valence-electron chi connectivity index (χ4n) is 0.987. The van der Waals surface area contributed by atoms with Gasteiger partial charge in [0.15, 0.2) is 11.5 Å². The molecule has 0 aliphatic carbocycles. The van der Waals surface area contributed by atoms with Crippen molar-refractivity contribution >= 4 is 5.97 Å². The van der Waals surface area contributed by atoms with Crippen molar-refractivity contribution in [2.75, 3.05) is 0 Å². The van der Waals surface area contributed by atoms with Gasteiger partial charge in [-0.3, -0.25) is 0 Å². The van der Waals surface area contributed by atoms with Crippen LogP contribution in [0.1, 0.15) is 16.2 Å². The molecular formula is C7H3F6NO4. The predicted octanol–water partition coefficient (Wildman–Crippen LogP) is 1.69. The molecule has 0 atom stereocenters. The van der Waals surface area contributed by atoms with Gasteiger partial charge in [-0.1, -0.05) is 5.16 Å². The fraction of sp³-hybridized carbons (Fsp3) is 0.429. The van der Waals surface area contributed by atoms with E-state index >= 15 is 0 Å². The molecule has 0 saturated heterocycles. The molecule has 0 bridgehead atoms. The standard InChI is InChI=1S/C7H3F6NO4/c8-6(9,10)5(17,7(11,12)13)3-1-2(4(15)16)14-18-3/h1,17H,(H,15,16). The molecule has 0 saturated carbocycles. The highest BCUT2D eigenvalue weighted by atomic mass is 19.4. The lowest BCUT2D eigenvalue weighted by molar-refractivity contribution is -0.381. The lowest BCUT2D eigenvalue weighted by Gasteiger charge is -2.29. The van der Waals surface area contributed by atoms with Crippen LogP contribution in [0.25, 0.3) is 0 Å². The molecule has 0 aromatic carbocycles. The van der Waals surface area contributed by atoms with Crippen LogP contribution < -0.4 is 0 Å². The number of carboxylic acid groups (broad SMARTS) is 1. The molecule has 0 amide bonds. The van der Waals surface area contributed by atoms with E-state index in [1.54, 1.807) is 0 Å². The molecule has 0 spiro atoms. The van der Waals surface area contributed by atoms with E-state index in [1.807, 2.05) is 0 Å². The fourth-order valence-corrected chi connectivity index (χ4v) is 0.987. The number of alkyl halides is 6. The zero-order chi connectivity index (χ0) is 14.4. The Bertz CT molecular complexity index is 447. The third-order valence-electron chi connectivity index (χ3n) is 1.91. The predicted molar refractivity (Wildman–Crippen MR) is 39.5 cm³/mol. The van der Waals surface area contributed by atoms with Crippen molar-refractivity contribution in [2.24, 2.45) is 0 Å². The van der Waals surface area contributed by atoms with Crippen LogP contribution in [0, 0.1) is 0 Å². The quantitative estimate of drug-likeness (QED) is 0.805. The van der Waals surface area contributed by atoms with Crippen LogP contribution in [0.2, 0.25) is 0 Å². The summed E-state index contributed by atoms with van der Waals surface area (Å²) in [5.41, 5.74) is -6.52. The molecule has 18 heavy (non-hydrogen) atoms. The molecule has 0 unspecified atom stereocenters. The van der Waals surface area contributed by atoms with Gasteiger partial charge < -0.3 is 14.7 Å². The molecule has 102 valence electrons. The van der Waals surface area contributed by atoms with E-state index < -0.39 is 35.4 Å². The van der Waals surface area contributed by atoms with Gasteiger partial charge in [-0.05, 0) is 0 Å². The number of hydrogen-bond acceptors (Lipinski definition) is 4. The van der Waals surface area contributed by atoms with Gasteiger partial charge in [0, 0.05) is 6.07 Å². The van der Waals surface area contributed by atoms with Crippen LogP contribution in [-0.4, -0.2) is 33.7 Å². The number of aromatic nitrogens is 1. The Morgan fingerprint density at radius 3 is 1.89 bits per heavy atom. The van der Waals surface area contributed by atoms with E-state index in [0.29, 0.717) is 0 Å². The lowest BCUT2D eigenvalue weighted by Crippen LogP contribution is -2.53. The van der Waals surface area contributed by atoms with Gasteiger partial charge in [0.05, 0.1) is 0 Å². The van der Waals surface area contributed by atoms with Crippen molar-refractivity contribution in [2.45, 2.75) is 18.0 Å². The van der Waals surface area contributed by atoms with E-state index in [0.717, 1.165) is 0 Å². The number of carboxylic acids is 1. The Hall–Kier alpha value is -1.78. The van der Waals surface area contributed by atoms with Gasteiger partial charge >= 0.3 is 23.9 Å². The second-order valence-electron chi connectivity index (χ2n) is 3.09. The number of aliphatic hydroxyl groups is 1. The zero-order valence-electron chi connectivity index (χ0n) is 8.00. The van der Waals surface area contributed by atoms with Gasteiger partial charge in [0.1, 0.15) is 0 Å². The Kier molecular flexibility index (Phi) is 3.07. The van der Waals surface area contributed by atoms with Crippen LogP contribution >= 0.6 is 0 Å². The molecular weight excluding hydrogens is 276 g/mol. The van der Waals surface area contributed by atoms with Crippen LogP contribution in [0.15, 0.2) is 10.6 Å². The maximum Gasteiger partial charge on any atom is 0.433 e. The Balaban J connectivity index is 3.41. The maximum absolute atomic E-state index is 12.3. The number of aromatic carboxylic acids is 1. The minimum Gasteiger partial charge on any atom is -0.476 e. The molecule has 2 N–H and O–H groups in total. The zero-order valence-corrected chi connectivity index (χ0v) is 8.00. The molecule has 0 aliphatic heterocycles. The van der Waals surface area contributed by atoms with Gasteiger partial charge in [-0.15, -0.1) is 0 Å². The highest BCUT2D eigenvalue weighted by Gasteiger charge is 2.74. The molecule has 0 fully saturated rings. The van der Waals surface area contributed by atoms with Crippen LogP contribution in [-0.2, 0) is 5.60 Å². The van der Waals surface area contributed by atoms with E-state index in [-0.39, 0.29) is 6.07 Å². The van der Waals surface area contributed by atoms with Crippen molar-refractivity contribution in [3.8, 4) is 0 Å². The van der Waals surface area contributed by atoms with Crippen LogP contribution in [0.4, 0.5) is 26.3 Å². The first-order chi connectivity index (χ1) is 7.91. The largest absolute Gasteiger partial charge is 0.476 e. The third kappa shape index (κ3) is 2.00. The molecule has 1 aromatic heterocycles. The Morgan fingerprint density at radius 1 is 1.17 bits per heavy atom. The first-order valence-electron chi connectivity index (χ1n) is 3.97. The number of rotatable bonds is 2. The maximum atomic E-state index is 12.3. The molecule has 0 radical (unpaired) electrons. The monoisotopic (exact) mass is 279 g/mol. The van der Waals surface area contributed by atoms with Crippen molar-refractivity contribution in [3.05, 3.63) is 17.5 Å². The van der Waals surface area contributed by atoms with Crippen molar-refractivity contribution in [1.82, 2.24) is 5.16 Å². The normalized spacial score (nSPS) is 13.7. The molecule has 5 nitrogen and oxygen atoms in total. The summed E-state index contributed by atoms with van der Waals surface area (Å²) < 4.78 is 77.4. The molecule has 1 aromatic rings. The van der Waals surface area contributed by atoms with E-state index in [1.165, 1.54) is 0 Å². The number of hydrogen-bond donors (Lipinski definition) is 2. The first-order valence-corrected chi connectivity index (χ1v) is 3.97. The third-order valence-corrected chi connectivity index (χ3v) is 1.91. The highest BCUT2D eigenvalue weighted by molar-refractivity contribution is 5.85. The first kappa shape index (κ1) is 14.3. The average molecular weight is 279 g/mol.